The molecular weight excluding hydrogens is 436 g/mol. The number of hydrogen-bond acceptors (Lipinski definition) is 2. The number of nitrogen functional groups attached to an aromatic ring is 1. The molecule has 2 heteroatoms. The first-order chi connectivity index (χ1) is 17.4. The zero-order valence-electron chi connectivity index (χ0n) is 21.4. The Bertz CT molecular complexity index is 1380. The van der Waals surface area contributed by atoms with Gasteiger partial charge in [0.2, 0.25) is 0 Å². The van der Waals surface area contributed by atoms with Gasteiger partial charge in [0.15, 0.2) is 0 Å². The predicted molar refractivity (Wildman–Crippen MR) is 155 cm³/mol. The van der Waals surface area contributed by atoms with E-state index >= 15 is 0 Å². The number of benzene rings is 5. The van der Waals surface area contributed by atoms with Crippen molar-refractivity contribution in [3.63, 3.8) is 0 Å². The first kappa shape index (κ1) is 23.4. The van der Waals surface area contributed by atoms with Crippen molar-refractivity contribution in [3.05, 3.63) is 131 Å². The SMILES string of the molecule is Cc1cc(N(c2cccc(N)c2)c2cc(C)c(-c3ccccc3)c(C)c2)cc(C)c1-c1ccccc1. The van der Waals surface area contributed by atoms with Crippen LogP contribution in [0, 0.1) is 27.7 Å². The molecule has 36 heavy (non-hydrogen) atoms. The second-order valence-corrected chi connectivity index (χ2v) is 9.57. The molecule has 0 spiro atoms. The number of anilines is 4. The monoisotopic (exact) mass is 468 g/mol. The summed E-state index contributed by atoms with van der Waals surface area (Å²) in [5, 5.41) is 0. The van der Waals surface area contributed by atoms with Crippen molar-refractivity contribution in [1.29, 1.82) is 0 Å². The molecule has 5 aromatic carbocycles. The highest BCUT2D eigenvalue weighted by Crippen LogP contribution is 2.41. The highest BCUT2D eigenvalue weighted by atomic mass is 15.1. The topological polar surface area (TPSA) is 29.3 Å². The molecule has 2 nitrogen and oxygen atoms in total. The Kier molecular flexibility index (Phi) is 6.35. The summed E-state index contributed by atoms with van der Waals surface area (Å²) in [5.74, 6) is 0. The Morgan fingerprint density at radius 3 is 1.25 bits per heavy atom. The summed E-state index contributed by atoms with van der Waals surface area (Å²) in [4.78, 5) is 2.32. The molecule has 0 saturated carbocycles. The van der Waals surface area contributed by atoms with Crippen LogP contribution in [0.3, 0.4) is 0 Å². The smallest absolute Gasteiger partial charge is 0.0482 e. The number of aryl methyl sites for hydroxylation is 4. The molecule has 0 heterocycles. The standard InChI is InChI=1S/C34H32N2/c1-23-18-31(19-24(2)33(23)27-12-7-5-8-13-27)36(30-17-11-16-29(35)22-30)32-20-25(3)34(26(4)21-32)28-14-9-6-10-15-28/h5-22H,35H2,1-4H3. The largest absolute Gasteiger partial charge is 0.399 e. The Morgan fingerprint density at radius 2 is 0.861 bits per heavy atom. The maximum Gasteiger partial charge on any atom is 0.0482 e. The van der Waals surface area contributed by atoms with Crippen LogP contribution in [-0.4, -0.2) is 0 Å². The molecule has 0 aliphatic carbocycles. The first-order valence-corrected chi connectivity index (χ1v) is 12.4. The predicted octanol–water partition coefficient (Wildman–Crippen LogP) is 9.31. The van der Waals surface area contributed by atoms with Gasteiger partial charge in [-0.2, -0.15) is 0 Å². The number of rotatable bonds is 5. The molecule has 0 aliphatic rings. The molecule has 2 N–H and O–H groups in total. The van der Waals surface area contributed by atoms with Gasteiger partial charge in [0.05, 0.1) is 0 Å². The molecule has 0 bridgehead atoms. The molecule has 0 atom stereocenters. The zero-order valence-corrected chi connectivity index (χ0v) is 21.4. The molecule has 0 radical (unpaired) electrons. The lowest BCUT2D eigenvalue weighted by Crippen LogP contribution is -2.12. The van der Waals surface area contributed by atoms with E-state index in [0.29, 0.717) is 0 Å². The quantitative estimate of drug-likeness (QED) is 0.260. The number of nitrogens with two attached hydrogens (primary N) is 1. The average Bonchev–Trinajstić information content (AvgIpc) is 2.85. The summed E-state index contributed by atoms with van der Waals surface area (Å²) in [7, 11) is 0. The molecular formula is C34H32N2. The van der Waals surface area contributed by atoms with Crippen LogP contribution in [0.25, 0.3) is 22.3 Å². The highest BCUT2D eigenvalue weighted by molar-refractivity contribution is 5.84. The second kappa shape index (κ2) is 9.75. The number of hydrogen-bond donors (Lipinski definition) is 1. The van der Waals surface area contributed by atoms with Gasteiger partial charge in [0.25, 0.3) is 0 Å². The third-order valence-electron chi connectivity index (χ3n) is 6.80. The van der Waals surface area contributed by atoms with Crippen LogP contribution in [0.5, 0.6) is 0 Å². The molecule has 0 aromatic heterocycles. The lowest BCUT2D eigenvalue weighted by Gasteiger charge is -2.29. The van der Waals surface area contributed by atoms with Gasteiger partial charge in [-0.15, -0.1) is 0 Å². The molecule has 0 unspecified atom stereocenters. The average molecular weight is 469 g/mol. The van der Waals surface area contributed by atoms with Crippen molar-refractivity contribution in [3.8, 4) is 22.3 Å². The van der Waals surface area contributed by atoms with Crippen molar-refractivity contribution >= 4 is 22.7 Å². The molecule has 5 aromatic rings. The van der Waals surface area contributed by atoms with Crippen molar-refractivity contribution in [2.75, 3.05) is 10.6 Å². The summed E-state index contributed by atoms with van der Waals surface area (Å²) in [6.07, 6.45) is 0. The normalized spacial score (nSPS) is 10.9. The lowest BCUT2D eigenvalue weighted by atomic mass is 9.93. The van der Waals surface area contributed by atoms with E-state index in [1.807, 2.05) is 18.2 Å². The summed E-state index contributed by atoms with van der Waals surface area (Å²) < 4.78 is 0. The molecule has 0 fully saturated rings. The molecule has 5 rings (SSSR count). The van der Waals surface area contributed by atoms with Gasteiger partial charge < -0.3 is 10.6 Å². The summed E-state index contributed by atoms with van der Waals surface area (Å²) in [6, 6.07) is 38.5. The van der Waals surface area contributed by atoms with Gasteiger partial charge in [0, 0.05) is 22.7 Å². The van der Waals surface area contributed by atoms with Crippen molar-refractivity contribution in [1.82, 2.24) is 0 Å². The van der Waals surface area contributed by atoms with Crippen LogP contribution in [0.4, 0.5) is 22.7 Å². The van der Waals surface area contributed by atoms with Crippen LogP contribution in [0.1, 0.15) is 22.3 Å². The van der Waals surface area contributed by atoms with Crippen LogP contribution < -0.4 is 10.6 Å². The molecule has 0 amide bonds. The Morgan fingerprint density at radius 1 is 0.444 bits per heavy atom. The van der Waals surface area contributed by atoms with Gasteiger partial charge in [-0.1, -0.05) is 66.7 Å². The Balaban J connectivity index is 1.69. The maximum atomic E-state index is 6.25. The molecule has 178 valence electrons. The van der Waals surface area contributed by atoms with Crippen LogP contribution in [-0.2, 0) is 0 Å². The fourth-order valence-electron chi connectivity index (χ4n) is 5.37. The fraction of sp³-hybridized carbons (Fsp3) is 0.118. The fourth-order valence-corrected chi connectivity index (χ4v) is 5.37. The maximum absolute atomic E-state index is 6.25. The first-order valence-electron chi connectivity index (χ1n) is 12.4. The Hall–Kier alpha value is -4.30. The summed E-state index contributed by atoms with van der Waals surface area (Å²) in [5.41, 5.74) is 20.4. The van der Waals surface area contributed by atoms with Gasteiger partial charge in [0.1, 0.15) is 0 Å². The van der Waals surface area contributed by atoms with Crippen molar-refractivity contribution in [2.45, 2.75) is 27.7 Å². The van der Waals surface area contributed by atoms with Crippen molar-refractivity contribution in [2.24, 2.45) is 0 Å². The van der Waals surface area contributed by atoms with Gasteiger partial charge >= 0.3 is 0 Å². The van der Waals surface area contributed by atoms with E-state index in [0.717, 1.165) is 22.7 Å². The van der Waals surface area contributed by atoms with E-state index in [-0.39, 0.29) is 0 Å². The van der Waals surface area contributed by atoms with E-state index in [2.05, 4.69) is 124 Å². The molecule has 0 saturated heterocycles. The molecule has 0 aliphatic heterocycles. The summed E-state index contributed by atoms with van der Waals surface area (Å²) >= 11 is 0. The minimum Gasteiger partial charge on any atom is -0.399 e. The Labute approximate surface area is 214 Å². The van der Waals surface area contributed by atoms with Crippen LogP contribution in [0.2, 0.25) is 0 Å². The lowest BCUT2D eigenvalue weighted by molar-refractivity contribution is 1.24. The van der Waals surface area contributed by atoms with Crippen LogP contribution >= 0.6 is 0 Å². The zero-order chi connectivity index (χ0) is 25.2. The minimum atomic E-state index is 0.751. The van der Waals surface area contributed by atoms with E-state index in [1.165, 1.54) is 44.5 Å². The minimum absolute atomic E-state index is 0.751. The second-order valence-electron chi connectivity index (χ2n) is 9.57. The van der Waals surface area contributed by atoms with E-state index < -0.39 is 0 Å². The van der Waals surface area contributed by atoms with Gasteiger partial charge in [-0.25, -0.2) is 0 Å². The number of nitrogens with zero attached hydrogens (tertiary/aromatic N) is 1. The van der Waals surface area contributed by atoms with Gasteiger partial charge in [-0.3, -0.25) is 0 Å². The van der Waals surface area contributed by atoms with Crippen molar-refractivity contribution < 1.29 is 0 Å². The van der Waals surface area contributed by atoms with Crippen LogP contribution in [0.15, 0.2) is 109 Å². The van der Waals surface area contributed by atoms with E-state index in [4.69, 9.17) is 5.73 Å². The van der Waals surface area contributed by atoms with Gasteiger partial charge in [-0.05, 0) is 115 Å². The van der Waals surface area contributed by atoms with E-state index in [9.17, 15) is 0 Å². The highest BCUT2D eigenvalue weighted by Gasteiger charge is 2.18. The summed E-state index contributed by atoms with van der Waals surface area (Å²) in [6.45, 7) is 8.80. The third kappa shape index (κ3) is 4.50. The third-order valence-corrected chi connectivity index (χ3v) is 6.80. The van der Waals surface area contributed by atoms with E-state index in [1.54, 1.807) is 0 Å².